The molecule has 0 aliphatic carbocycles. The van der Waals surface area contributed by atoms with Gasteiger partial charge in [0.15, 0.2) is 0 Å². The van der Waals surface area contributed by atoms with E-state index in [4.69, 9.17) is 0 Å². The Morgan fingerprint density at radius 1 is 1.22 bits per heavy atom. The maximum atomic E-state index is 12.8. The molecule has 7 heteroatoms. The second kappa shape index (κ2) is 7.06. The number of nitrogens with one attached hydrogen (secondary N) is 2. The van der Waals surface area contributed by atoms with Crippen molar-refractivity contribution in [3.8, 4) is 10.6 Å². The van der Waals surface area contributed by atoms with Crippen LogP contribution in [0.2, 0.25) is 0 Å². The normalized spacial score (nSPS) is 10.5. The molecule has 2 amide bonds. The number of urea groups is 1. The molecule has 2 heterocycles. The zero-order valence-corrected chi connectivity index (χ0v) is 13.0. The molecule has 2 N–H and O–H groups in total. The second-order valence-corrected chi connectivity index (χ2v) is 5.78. The number of amides is 2. The Bertz CT molecular complexity index is 768. The molecule has 0 radical (unpaired) electrons. The summed E-state index contributed by atoms with van der Waals surface area (Å²) in [6.45, 7) is 1.01. The molecule has 0 atom stereocenters. The molecule has 0 unspecified atom stereocenters. The lowest BCUT2D eigenvalue weighted by Crippen LogP contribution is -2.31. The highest BCUT2D eigenvalue weighted by Gasteiger charge is 2.04. The van der Waals surface area contributed by atoms with Crippen LogP contribution >= 0.6 is 11.3 Å². The van der Waals surface area contributed by atoms with Gasteiger partial charge in [0.25, 0.3) is 0 Å². The van der Waals surface area contributed by atoms with Gasteiger partial charge in [-0.3, -0.25) is 4.68 Å². The minimum atomic E-state index is -0.337. The molecule has 0 aliphatic rings. The molecule has 5 nitrogen and oxygen atoms in total. The Morgan fingerprint density at radius 2 is 2.04 bits per heavy atom. The van der Waals surface area contributed by atoms with Crippen LogP contribution in [0, 0.1) is 5.82 Å². The van der Waals surface area contributed by atoms with Crippen LogP contribution in [0.4, 0.5) is 14.9 Å². The largest absolute Gasteiger partial charge is 0.336 e. The summed E-state index contributed by atoms with van der Waals surface area (Å²) in [5.41, 5.74) is 1.47. The van der Waals surface area contributed by atoms with Crippen LogP contribution in [0.5, 0.6) is 0 Å². The van der Waals surface area contributed by atoms with Crippen LogP contribution < -0.4 is 10.6 Å². The van der Waals surface area contributed by atoms with E-state index in [2.05, 4.69) is 15.7 Å². The molecule has 23 heavy (non-hydrogen) atoms. The van der Waals surface area contributed by atoms with Gasteiger partial charge in [-0.05, 0) is 41.8 Å². The second-order valence-electron chi connectivity index (χ2n) is 4.83. The van der Waals surface area contributed by atoms with E-state index in [1.807, 2.05) is 29.8 Å². The fraction of sp³-hybridized carbons (Fsp3) is 0.125. The molecule has 1 aromatic carbocycles. The highest BCUT2D eigenvalue weighted by Crippen LogP contribution is 2.22. The Morgan fingerprint density at radius 3 is 2.78 bits per heavy atom. The summed E-state index contributed by atoms with van der Waals surface area (Å²) >= 11 is 1.64. The lowest BCUT2D eigenvalue weighted by atomic mass is 10.3. The number of hydrogen-bond donors (Lipinski definition) is 2. The van der Waals surface area contributed by atoms with Gasteiger partial charge in [-0.1, -0.05) is 6.07 Å². The average Bonchev–Trinajstić information content (AvgIpc) is 3.20. The van der Waals surface area contributed by atoms with Crippen LogP contribution in [0.15, 0.2) is 54.0 Å². The number of benzene rings is 1. The monoisotopic (exact) mass is 330 g/mol. The van der Waals surface area contributed by atoms with Gasteiger partial charge in [0.2, 0.25) is 0 Å². The highest BCUT2D eigenvalue weighted by molar-refractivity contribution is 7.13. The quantitative estimate of drug-likeness (QED) is 0.751. The summed E-state index contributed by atoms with van der Waals surface area (Å²) in [6.07, 6.45) is 1.88. The average molecular weight is 330 g/mol. The highest BCUT2D eigenvalue weighted by atomic mass is 32.1. The van der Waals surface area contributed by atoms with Gasteiger partial charge in [-0.15, -0.1) is 11.3 Å². The number of nitrogens with zero attached hydrogens (tertiary/aromatic N) is 2. The summed E-state index contributed by atoms with van der Waals surface area (Å²) in [5, 5.41) is 11.8. The fourth-order valence-electron chi connectivity index (χ4n) is 2.03. The fourth-order valence-corrected chi connectivity index (χ4v) is 2.72. The number of rotatable bonds is 5. The third-order valence-electron chi connectivity index (χ3n) is 3.14. The number of halogens is 1. The number of anilines is 1. The van der Waals surface area contributed by atoms with Crippen molar-refractivity contribution in [1.29, 1.82) is 0 Å². The molecule has 2 aromatic heterocycles. The van der Waals surface area contributed by atoms with E-state index in [0.29, 0.717) is 18.8 Å². The van der Waals surface area contributed by atoms with Crippen molar-refractivity contribution < 1.29 is 9.18 Å². The topological polar surface area (TPSA) is 59.0 Å². The third kappa shape index (κ3) is 4.17. The Hall–Kier alpha value is -2.67. The van der Waals surface area contributed by atoms with Gasteiger partial charge in [-0.25, -0.2) is 9.18 Å². The first-order valence-electron chi connectivity index (χ1n) is 7.08. The lowest BCUT2D eigenvalue weighted by Gasteiger charge is -2.07. The minimum absolute atomic E-state index is 0.331. The predicted octanol–water partition coefficient (Wildman–Crippen LogP) is 3.57. The zero-order valence-electron chi connectivity index (χ0n) is 12.2. The molecule has 0 fully saturated rings. The van der Waals surface area contributed by atoms with E-state index >= 15 is 0 Å². The Kier molecular flexibility index (Phi) is 4.68. The summed E-state index contributed by atoms with van der Waals surface area (Å²) in [7, 11) is 0. The Balaban J connectivity index is 1.46. The molecule has 0 aliphatic heterocycles. The maximum Gasteiger partial charge on any atom is 0.319 e. The van der Waals surface area contributed by atoms with Gasteiger partial charge in [0.05, 0.1) is 11.4 Å². The van der Waals surface area contributed by atoms with Crippen LogP contribution in [0.25, 0.3) is 10.6 Å². The molecule has 3 rings (SSSR count). The molecule has 0 spiro atoms. The number of aromatic nitrogens is 2. The van der Waals surface area contributed by atoms with Crippen LogP contribution in [-0.2, 0) is 6.54 Å². The van der Waals surface area contributed by atoms with Crippen molar-refractivity contribution in [3.63, 3.8) is 0 Å². The lowest BCUT2D eigenvalue weighted by molar-refractivity contribution is 0.251. The summed E-state index contributed by atoms with van der Waals surface area (Å²) in [5.74, 6) is -0.337. The van der Waals surface area contributed by atoms with Gasteiger partial charge in [0, 0.05) is 18.4 Å². The zero-order chi connectivity index (χ0) is 16.1. The summed E-state index contributed by atoms with van der Waals surface area (Å²) in [4.78, 5) is 12.9. The first-order valence-corrected chi connectivity index (χ1v) is 7.96. The van der Waals surface area contributed by atoms with E-state index in [9.17, 15) is 9.18 Å². The first kappa shape index (κ1) is 15.2. The smallest absolute Gasteiger partial charge is 0.319 e. The van der Waals surface area contributed by atoms with Crippen molar-refractivity contribution in [2.45, 2.75) is 6.54 Å². The van der Waals surface area contributed by atoms with Crippen molar-refractivity contribution >= 4 is 23.1 Å². The molecule has 0 saturated carbocycles. The van der Waals surface area contributed by atoms with Gasteiger partial charge >= 0.3 is 6.03 Å². The number of hydrogen-bond acceptors (Lipinski definition) is 3. The van der Waals surface area contributed by atoms with E-state index in [1.165, 1.54) is 24.3 Å². The maximum absolute atomic E-state index is 12.8. The Labute approximate surface area is 136 Å². The van der Waals surface area contributed by atoms with E-state index in [1.54, 1.807) is 16.0 Å². The van der Waals surface area contributed by atoms with Crippen molar-refractivity contribution in [1.82, 2.24) is 15.1 Å². The minimum Gasteiger partial charge on any atom is -0.336 e. The van der Waals surface area contributed by atoms with Crippen LogP contribution in [-0.4, -0.2) is 22.4 Å². The number of carbonyl (C=O) groups is 1. The SMILES string of the molecule is O=C(NCCn1ccc(-c2cccs2)n1)Nc1ccc(F)cc1. The standard InChI is InChI=1S/C16H15FN4OS/c17-12-3-5-13(6-4-12)19-16(22)18-8-10-21-9-7-14(20-21)15-2-1-11-23-15/h1-7,9,11H,8,10H2,(H2,18,19,22). The van der Waals surface area contributed by atoms with Crippen molar-refractivity contribution in [2.75, 3.05) is 11.9 Å². The van der Waals surface area contributed by atoms with Crippen molar-refractivity contribution in [2.24, 2.45) is 0 Å². The van der Waals surface area contributed by atoms with Crippen LogP contribution in [0.1, 0.15) is 0 Å². The van der Waals surface area contributed by atoms with E-state index in [-0.39, 0.29) is 11.8 Å². The third-order valence-corrected chi connectivity index (χ3v) is 4.04. The summed E-state index contributed by atoms with van der Waals surface area (Å²) < 4.78 is 14.6. The first-order chi connectivity index (χ1) is 11.2. The molecule has 3 aromatic rings. The van der Waals surface area contributed by atoms with E-state index < -0.39 is 0 Å². The molecule has 118 valence electrons. The molecule has 0 saturated heterocycles. The van der Waals surface area contributed by atoms with Gasteiger partial charge in [0.1, 0.15) is 11.5 Å². The summed E-state index contributed by atoms with van der Waals surface area (Å²) in [6, 6.07) is 11.2. The molecular formula is C16H15FN4OS. The predicted molar refractivity (Wildman–Crippen MR) is 89.0 cm³/mol. The molecular weight excluding hydrogens is 315 g/mol. The van der Waals surface area contributed by atoms with Gasteiger partial charge in [-0.2, -0.15) is 5.10 Å². The van der Waals surface area contributed by atoms with E-state index in [0.717, 1.165) is 10.6 Å². The van der Waals surface area contributed by atoms with Gasteiger partial charge < -0.3 is 10.6 Å². The van der Waals surface area contributed by atoms with Crippen LogP contribution in [0.3, 0.4) is 0 Å². The number of thiophene rings is 1. The van der Waals surface area contributed by atoms with Crippen molar-refractivity contribution in [3.05, 3.63) is 59.9 Å². The molecule has 0 bridgehead atoms. The number of carbonyl (C=O) groups excluding carboxylic acids is 1.